The fourth-order valence-corrected chi connectivity index (χ4v) is 5.93. The van der Waals surface area contributed by atoms with Crippen LogP contribution < -0.4 is 16.0 Å². The second kappa shape index (κ2) is 9.82. The minimum absolute atomic E-state index is 0.00230. The molecular formula is C21H26N4O3S2. The normalized spacial score (nSPS) is 21.9. The van der Waals surface area contributed by atoms with Gasteiger partial charge >= 0.3 is 6.03 Å². The average molecular weight is 447 g/mol. The summed E-state index contributed by atoms with van der Waals surface area (Å²) in [6, 6.07) is 10.6. The Morgan fingerprint density at radius 3 is 2.60 bits per heavy atom. The average Bonchev–Trinajstić information content (AvgIpc) is 3.46. The highest BCUT2D eigenvalue weighted by Gasteiger charge is 2.40. The molecule has 3 amide bonds. The van der Waals surface area contributed by atoms with Crippen LogP contribution >= 0.6 is 23.1 Å². The maximum atomic E-state index is 12.6. The Hall–Kier alpha value is -2.07. The number of thioether (sulfide) groups is 1. The maximum absolute atomic E-state index is 12.6. The summed E-state index contributed by atoms with van der Waals surface area (Å²) in [6.45, 7) is 3.94. The summed E-state index contributed by atoms with van der Waals surface area (Å²) in [7, 11) is 0. The Balaban J connectivity index is 1.33. The summed E-state index contributed by atoms with van der Waals surface area (Å²) in [4.78, 5) is 27.9. The molecule has 2 fully saturated rings. The molecule has 3 N–H and O–H groups in total. The number of benzene rings is 1. The quantitative estimate of drug-likeness (QED) is 0.634. The predicted molar refractivity (Wildman–Crippen MR) is 123 cm³/mol. The minimum Gasteiger partial charge on any atom is -0.379 e. The highest BCUT2D eigenvalue weighted by atomic mass is 32.2. The summed E-state index contributed by atoms with van der Waals surface area (Å²) in [5.41, 5.74) is 1.28. The first-order chi connectivity index (χ1) is 14.6. The Morgan fingerprint density at radius 2 is 1.90 bits per heavy atom. The third-order valence-corrected chi connectivity index (χ3v) is 7.57. The van der Waals surface area contributed by atoms with Crippen LogP contribution in [0.1, 0.15) is 16.1 Å². The predicted octanol–water partition coefficient (Wildman–Crippen LogP) is 3.33. The number of carbonyl (C=O) groups excluding carboxylic acids is 2. The molecule has 2 aliphatic heterocycles. The lowest BCUT2D eigenvalue weighted by Gasteiger charge is -2.43. The SMILES string of the molecule is O=C(NCC1(N2CCOCC2)CCSC1)Nc1cccc(NC(=O)c2cccs2)c1. The second-order valence-electron chi connectivity index (χ2n) is 7.45. The van der Waals surface area contributed by atoms with Crippen LogP contribution in [0.15, 0.2) is 41.8 Å². The number of ether oxygens (including phenoxy) is 1. The molecule has 1 aromatic carbocycles. The summed E-state index contributed by atoms with van der Waals surface area (Å²) >= 11 is 3.33. The van der Waals surface area contributed by atoms with E-state index in [1.807, 2.05) is 35.3 Å². The first-order valence-corrected chi connectivity index (χ1v) is 12.1. The highest BCUT2D eigenvalue weighted by Crippen LogP contribution is 2.33. The molecule has 0 bridgehead atoms. The van der Waals surface area contributed by atoms with Crippen LogP contribution in [-0.4, -0.2) is 66.7 Å². The number of hydrogen-bond donors (Lipinski definition) is 3. The van der Waals surface area contributed by atoms with E-state index in [0.29, 0.717) is 22.8 Å². The number of rotatable bonds is 6. The van der Waals surface area contributed by atoms with Crippen molar-refractivity contribution in [3.8, 4) is 0 Å². The molecule has 3 heterocycles. The smallest absolute Gasteiger partial charge is 0.319 e. The first kappa shape index (κ1) is 21.2. The fourth-order valence-electron chi connectivity index (χ4n) is 3.83. The van der Waals surface area contributed by atoms with Gasteiger partial charge in [-0.1, -0.05) is 12.1 Å². The minimum atomic E-state index is -0.235. The molecule has 1 atom stereocenters. The zero-order chi connectivity index (χ0) is 20.8. The standard InChI is InChI=1S/C21H26N4O3S2/c26-19(18-5-2-11-30-18)23-16-3-1-4-17(13-16)24-20(27)22-14-21(6-12-29-15-21)25-7-9-28-10-8-25/h1-5,11,13H,6-10,12,14-15H2,(H,23,26)(H2,22,24,27). The van der Waals surface area contributed by atoms with E-state index in [4.69, 9.17) is 4.74 Å². The molecule has 9 heteroatoms. The summed E-state index contributed by atoms with van der Waals surface area (Å²) < 4.78 is 5.49. The lowest BCUT2D eigenvalue weighted by atomic mass is 9.95. The van der Waals surface area contributed by atoms with Crippen LogP contribution in [0.3, 0.4) is 0 Å². The van der Waals surface area contributed by atoms with Crippen LogP contribution in [0.5, 0.6) is 0 Å². The molecule has 0 saturated carbocycles. The Morgan fingerprint density at radius 1 is 1.10 bits per heavy atom. The van der Waals surface area contributed by atoms with Gasteiger partial charge in [-0.15, -0.1) is 11.3 Å². The van der Waals surface area contributed by atoms with Gasteiger partial charge in [-0.3, -0.25) is 9.69 Å². The van der Waals surface area contributed by atoms with Crippen molar-refractivity contribution in [3.63, 3.8) is 0 Å². The fraction of sp³-hybridized carbons (Fsp3) is 0.429. The molecule has 0 spiro atoms. The number of thiophene rings is 1. The third-order valence-electron chi connectivity index (χ3n) is 5.47. The maximum Gasteiger partial charge on any atom is 0.319 e. The molecule has 2 aliphatic rings. The van der Waals surface area contributed by atoms with Crippen molar-refractivity contribution in [2.24, 2.45) is 0 Å². The Bertz CT molecular complexity index is 863. The molecule has 160 valence electrons. The van der Waals surface area contributed by atoms with E-state index >= 15 is 0 Å². The van der Waals surface area contributed by atoms with Gasteiger partial charge < -0.3 is 20.7 Å². The van der Waals surface area contributed by atoms with Crippen molar-refractivity contribution in [1.82, 2.24) is 10.2 Å². The van der Waals surface area contributed by atoms with Crippen molar-refractivity contribution in [2.75, 3.05) is 55.0 Å². The van der Waals surface area contributed by atoms with Crippen molar-refractivity contribution >= 4 is 46.4 Å². The van der Waals surface area contributed by atoms with Crippen molar-refractivity contribution in [2.45, 2.75) is 12.0 Å². The van der Waals surface area contributed by atoms with Crippen LogP contribution in [-0.2, 0) is 4.74 Å². The number of urea groups is 1. The number of nitrogens with one attached hydrogen (secondary N) is 3. The van der Waals surface area contributed by atoms with Gasteiger partial charge in [-0.25, -0.2) is 4.79 Å². The van der Waals surface area contributed by atoms with E-state index in [1.54, 1.807) is 18.2 Å². The van der Waals surface area contributed by atoms with Gasteiger partial charge in [0.05, 0.1) is 18.1 Å². The van der Waals surface area contributed by atoms with Gasteiger partial charge in [0.15, 0.2) is 0 Å². The lowest BCUT2D eigenvalue weighted by molar-refractivity contribution is -0.0123. The number of morpholine rings is 1. The molecule has 30 heavy (non-hydrogen) atoms. The molecule has 2 saturated heterocycles. The van der Waals surface area contributed by atoms with Crippen molar-refractivity contribution < 1.29 is 14.3 Å². The molecular weight excluding hydrogens is 420 g/mol. The Kier molecular flexibility index (Phi) is 6.93. The molecule has 1 aromatic heterocycles. The Labute approximate surface area is 184 Å². The zero-order valence-electron chi connectivity index (χ0n) is 16.7. The van der Waals surface area contributed by atoms with E-state index in [-0.39, 0.29) is 17.5 Å². The second-order valence-corrected chi connectivity index (χ2v) is 9.50. The van der Waals surface area contributed by atoms with E-state index < -0.39 is 0 Å². The largest absolute Gasteiger partial charge is 0.379 e. The number of hydrogen-bond acceptors (Lipinski definition) is 6. The van der Waals surface area contributed by atoms with Crippen LogP contribution in [0.25, 0.3) is 0 Å². The monoisotopic (exact) mass is 446 g/mol. The van der Waals surface area contributed by atoms with E-state index in [1.165, 1.54) is 11.3 Å². The number of carbonyl (C=O) groups is 2. The van der Waals surface area contributed by atoms with Crippen molar-refractivity contribution in [1.29, 1.82) is 0 Å². The van der Waals surface area contributed by atoms with Gasteiger partial charge in [0, 0.05) is 42.3 Å². The van der Waals surface area contributed by atoms with Gasteiger partial charge in [0.2, 0.25) is 0 Å². The van der Waals surface area contributed by atoms with Crippen LogP contribution in [0, 0.1) is 0 Å². The first-order valence-electron chi connectivity index (χ1n) is 10.0. The number of amides is 3. The molecule has 4 rings (SSSR count). The molecule has 1 unspecified atom stereocenters. The van der Waals surface area contributed by atoms with Gasteiger partial charge in [0.1, 0.15) is 0 Å². The van der Waals surface area contributed by atoms with E-state index in [0.717, 1.165) is 44.2 Å². The molecule has 0 radical (unpaired) electrons. The molecule has 0 aliphatic carbocycles. The van der Waals surface area contributed by atoms with E-state index in [9.17, 15) is 9.59 Å². The van der Waals surface area contributed by atoms with Crippen molar-refractivity contribution in [3.05, 3.63) is 46.7 Å². The van der Waals surface area contributed by atoms with Gasteiger partial charge in [0.25, 0.3) is 5.91 Å². The van der Waals surface area contributed by atoms with Gasteiger partial charge in [-0.2, -0.15) is 11.8 Å². The molecule has 7 nitrogen and oxygen atoms in total. The summed E-state index contributed by atoms with van der Waals surface area (Å²) in [5.74, 6) is 1.99. The number of anilines is 2. The lowest BCUT2D eigenvalue weighted by Crippen LogP contribution is -2.59. The topological polar surface area (TPSA) is 82.7 Å². The summed E-state index contributed by atoms with van der Waals surface area (Å²) in [6.07, 6.45) is 1.07. The summed E-state index contributed by atoms with van der Waals surface area (Å²) in [5, 5.41) is 10.7. The zero-order valence-corrected chi connectivity index (χ0v) is 18.3. The third kappa shape index (κ3) is 5.15. The van der Waals surface area contributed by atoms with Gasteiger partial charge in [-0.05, 0) is 41.8 Å². The number of nitrogens with zero attached hydrogens (tertiary/aromatic N) is 1. The van der Waals surface area contributed by atoms with Crippen LogP contribution in [0.2, 0.25) is 0 Å². The highest BCUT2D eigenvalue weighted by molar-refractivity contribution is 7.99. The van der Waals surface area contributed by atoms with E-state index in [2.05, 4.69) is 20.9 Å². The molecule has 2 aromatic rings. The van der Waals surface area contributed by atoms with Crippen LogP contribution in [0.4, 0.5) is 16.2 Å².